The van der Waals surface area contributed by atoms with Crippen molar-refractivity contribution in [2.24, 2.45) is 0 Å². The Bertz CT molecular complexity index is 389. The van der Waals surface area contributed by atoms with Crippen molar-refractivity contribution in [3.8, 4) is 5.75 Å². The largest absolute Gasteiger partial charge is 0.496 e. The quantitative estimate of drug-likeness (QED) is 0.466. The van der Waals surface area contributed by atoms with Gasteiger partial charge in [-0.15, -0.1) is 6.58 Å². The van der Waals surface area contributed by atoms with E-state index >= 15 is 0 Å². The fraction of sp³-hybridized carbons (Fsp3) is 0.200. The Balaban J connectivity index is 3.39. The van der Waals surface area contributed by atoms with E-state index in [1.54, 1.807) is 6.07 Å². The minimum absolute atomic E-state index is 0.125. The molecule has 0 aliphatic carbocycles. The van der Waals surface area contributed by atoms with Crippen LogP contribution in [-0.2, 0) is 0 Å². The maximum atomic E-state index is 10.7. The molecule has 1 rings (SSSR count). The summed E-state index contributed by atoms with van der Waals surface area (Å²) in [5.41, 5.74) is -0.0539. The smallest absolute Gasteiger partial charge is 0.279 e. The zero-order valence-corrected chi connectivity index (χ0v) is 8.21. The summed E-state index contributed by atoms with van der Waals surface area (Å²) in [5.74, 6) is 0.275. The minimum atomic E-state index is -1.11. The second kappa shape index (κ2) is 4.56. The van der Waals surface area contributed by atoms with Gasteiger partial charge in [-0.25, -0.2) is 0 Å². The van der Waals surface area contributed by atoms with Gasteiger partial charge < -0.3 is 9.84 Å². The average Bonchev–Trinajstić information content (AvgIpc) is 2.26. The summed E-state index contributed by atoms with van der Waals surface area (Å²) in [6.45, 7) is 3.38. The molecule has 15 heavy (non-hydrogen) atoms. The molecule has 0 spiro atoms. The predicted molar refractivity (Wildman–Crippen MR) is 54.8 cm³/mol. The van der Waals surface area contributed by atoms with Crippen molar-refractivity contribution in [1.82, 2.24) is 0 Å². The van der Waals surface area contributed by atoms with Crippen molar-refractivity contribution in [2.45, 2.75) is 6.10 Å². The van der Waals surface area contributed by atoms with E-state index in [9.17, 15) is 15.2 Å². The number of hydrogen-bond acceptors (Lipinski definition) is 4. The molecule has 80 valence electrons. The van der Waals surface area contributed by atoms with Gasteiger partial charge >= 0.3 is 0 Å². The Kier molecular flexibility index (Phi) is 3.41. The highest BCUT2D eigenvalue weighted by atomic mass is 16.6. The summed E-state index contributed by atoms with van der Waals surface area (Å²) in [6, 6.07) is 4.36. The van der Waals surface area contributed by atoms with Gasteiger partial charge in [0.25, 0.3) is 5.69 Å². The number of nitro benzene ring substituents is 1. The molecule has 0 bridgehead atoms. The normalized spacial score (nSPS) is 11.9. The fourth-order valence-electron chi connectivity index (χ4n) is 1.28. The van der Waals surface area contributed by atoms with Crippen LogP contribution >= 0.6 is 0 Å². The van der Waals surface area contributed by atoms with Crippen LogP contribution in [0.25, 0.3) is 0 Å². The molecule has 1 unspecified atom stereocenters. The number of aliphatic hydroxyl groups excluding tert-OH is 1. The highest BCUT2D eigenvalue weighted by Gasteiger charge is 2.22. The van der Waals surface area contributed by atoms with Gasteiger partial charge in [-0.1, -0.05) is 12.1 Å². The molecule has 0 aliphatic heterocycles. The highest BCUT2D eigenvalue weighted by Crippen LogP contribution is 2.33. The second-order valence-electron chi connectivity index (χ2n) is 2.83. The van der Waals surface area contributed by atoms with Crippen LogP contribution in [0.4, 0.5) is 5.69 Å². The zero-order valence-electron chi connectivity index (χ0n) is 8.21. The Morgan fingerprint density at radius 3 is 2.80 bits per heavy atom. The summed E-state index contributed by atoms with van der Waals surface area (Å²) in [7, 11) is 1.39. The van der Waals surface area contributed by atoms with Crippen LogP contribution < -0.4 is 4.74 Å². The van der Waals surface area contributed by atoms with Gasteiger partial charge in [-0.05, 0) is 6.07 Å². The van der Waals surface area contributed by atoms with Crippen LogP contribution in [0.15, 0.2) is 30.9 Å². The number of benzene rings is 1. The molecule has 1 N–H and O–H groups in total. The lowest BCUT2D eigenvalue weighted by Crippen LogP contribution is -2.02. The molecular formula is C10H11NO4. The fourth-order valence-corrected chi connectivity index (χ4v) is 1.28. The molecule has 0 radical (unpaired) electrons. The molecule has 0 amide bonds. The first-order chi connectivity index (χ1) is 7.11. The topological polar surface area (TPSA) is 72.6 Å². The predicted octanol–water partition coefficient (Wildman–Crippen LogP) is 1.82. The molecule has 5 nitrogen and oxygen atoms in total. The number of hydrogen-bond donors (Lipinski definition) is 1. The molecule has 1 aromatic rings. The van der Waals surface area contributed by atoms with Gasteiger partial charge in [0.15, 0.2) is 0 Å². The molecule has 0 aromatic heterocycles. The first kappa shape index (κ1) is 11.2. The molecule has 1 aromatic carbocycles. The number of nitro groups is 1. The third-order valence-electron chi connectivity index (χ3n) is 1.98. The number of nitrogens with zero attached hydrogens (tertiary/aromatic N) is 1. The van der Waals surface area contributed by atoms with Crippen LogP contribution in [0, 0.1) is 10.1 Å². The number of aliphatic hydroxyl groups is 1. The van der Waals surface area contributed by atoms with Crippen LogP contribution in [-0.4, -0.2) is 17.1 Å². The van der Waals surface area contributed by atoms with E-state index < -0.39 is 11.0 Å². The third-order valence-corrected chi connectivity index (χ3v) is 1.98. The molecular weight excluding hydrogens is 198 g/mol. The summed E-state index contributed by atoms with van der Waals surface area (Å²) in [6.07, 6.45) is 0.103. The molecule has 0 aliphatic rings. The standard InChI is InChI=1S/C10H11NO4/c1-3-8(12)10-7(11(13)14)5-4-6-9(10)15-2/h3-6,8,12H,1H2,2H3. The van der Waals surface area contributed by atoms with Gasteiger partial charge in [-0.2, -0.15) is 0 Å². The van der Waals surface area contributed by atoms with E-state index in [0.717, 1.165) is 0 Å². The maximum Gasteiger partial charge on any atom is 0.279 e. The first-order valence-electron chi connectivity index (χ1n) is 4.23. The minimum Gasteiger partial charge on any atom is -0.496 e. The SMILES string of the molecule is C=CC(O)c1c(OC)cccc1[N+](=O)[O-]. The molecule has 0 saturated carbocycles. The Morgan fingerprint density at radius 2 is 2.33 bits per heavy atom. The number of ether oxygens (including phenoxy) is 1. The van der Waals surface area contributed by atoms with Crippen LogP contribution in [0.1, 0.15) is 11.7 Å². The van der Waals surface area contributed by atoms with Crippen LogP contribution in [0.5, 0.6) is 5.75 Å². The first-order valence-corrected chi connectivity index (χ1v) is 4.23. The third kappa shape index (κ3) is 2.13. The summed E-state index contributed by atoms with van der Waals surface area (Å²) in [4.78, 5) is 10.1. The van der Waals surface area contributed by atoms with Crippen molar-refractivity contribution < 1.29 is 14.8 Å². The highest BCUT2D eigenvalue weighted by molar-refractivity contribution is 5.51. The van der Waals surface area contributed by atoms with Gasteiger partial charge in [-0.3, -0.25) is 10.1 Å². The van der Waals surface area contributed by atoms with Crippen LogP contribution in [0.2, 0.25) is 0 Å². The van der Waals surface area contributed by atoms with Crippen molar-refractivity contribution in [3.63, 3.8) is 0 Å². The molecule has 0 fully saturated rings. The summed E-state index contributed by atoms with van der Waals surface area (Å²) >= 11 is 0. The molecule has 0 saturated heterocycles. The molecule has 0 heterocycles. The van der Waals surface area contributed by atoms with Crippen LogP contribution in [0.3, 0.4) is 0 Å². The average molecular weight is 209 g/mol. The number of rotatable bonds is 4. The number of methoxy groups -OCH3 is 1. The lowest BCUT2D eigenvalue weighted by molar-refractivity contribution is -0.386. The zero-order chi connectivity index (χ0) is 11.4. The monoisotopic (exact) mass is 209 g/mol. The van der Waals surface area contributed by atoms with Crippen molar-refractivity contribution >= 4 is 5.69 Å². The Labute approximate surface area is 86.8 Å². The molecule has 5 heteroatoms. The van der Waals surface area contributed by atoms with Crippen molar-refractivity contribution in [3.05, 3.63) is 46.5 Å². The van der Waals surface area contributed by atoms with E-state index in [0.29, 0.717) is 0 Å². The van der Waals surface area contributed by atoms with Gasteiger partial charge in [0.05, 0.1) is 12.0 Å². The molecule has 1 atom stereocenters. The summed E-state index contributed by atoms with van der Waals surface area (Å²) in [5, 5.41) is 20.3. The lowest BCUT2D eigenvalue weighted by atomic mass is 10.1. The van der Waals surface area contributed by atoms with Gasteiger partial charge in [0, 0.05) is 6.07 Å². The Hall–Kier alpha value is -1.88. The van der Waals surface area contributed by atoms with E-state index in [2.05, 4.69) is 6.58 Å². The van der Waals surface area contributed by atoms with E-state index in [1.807, 2.05) is 0 Å². The van der Waals surface area contributed by atoms with E-state index in [1.165, 1.54) is 25.3 Å². The van der Waals surface area contributed by atoms with Gasteiger partial charge in [0.1, 0.15) is 17.4 Å². The van der Waals surface area contributed by atoms with Gasteiger partial charge in [0.2, 0.25) is 0 Å². The second-order valence-corrected chi connectivity index (χ2v) is 2.83. The van der Waals surface area contributed by atoms with Crippen molar-refractivity contribution in [2.75, 3.05) is 7.11 Å². The summed E-state index contributed by atoms with van der Waals surface area (Å²) < 4.78 is 4.95. The lowest BCUT2D eigenvalue weighted by Gasteiger charge is -2.11. The Morgan fingerprint density at radius 1 is 1.67 bits per heavy atom. The van der Waals surface area contributed by atoms with Crippen molar-refractivity contribution in [1.29, 1.82) is 0 Å². The van der Waals surface area contributed by atoms with E-state index in [4.69, 9.17) is 4.74 Å². The maximum absolute atomic E-state index is 10.7. The van der Waals surface area contributed by atoms with E-state index in [-0.39, 0.29) is 17.0 Å².